The first-order valence-electron chi connectivity index (χ1n) is 3.58. The van der Waals surface area contributed by atoms with Gasteiger partial charge in [0.05, 0.1) is 33.2 Å². The molecule has 78 valence electrons. The highest BCUT2D eigenvalue weighted by molar-refractivity contribution is 5.76. The van der Waals surface area contributed by atoms with Crippen molar-refractivity contribution in [2.75, 3.05) is 20.3 Å². The van der Waals surface area contributed by atoms with Crippen LogP contribution in [0, 0.1) is 0 Å². The van der Waals surface area contributed by atoms with Gasteiger partial charge in [0.15, 0.2) is 0 Å². The van der Waals surface area contributed by atoms with Crippen LogP contribution in [0.25, 0.3) is 0 Å². The number of aliphatic hydroxyl groups is 2. The van der Waals surface area contributed by atoms with Crippen LogP contribution in [0.15, 0.2) is 0 Å². The molecule has 0 aromatic heterocycles. The maximum absolute atomic E-state index is 10.2. The van der Waals surface area contributed by atoms with Gasteiger partial charge >= 0.3 is 11.9 Å². The molecule has 6 nitrogen and oxygen atoms in total. The van der Waals surface area contributed by atoms with Crippen LogP contribution in [-0.4, -0.2) is 47.6 Å². The zero-order chi connectivity index (χ0) is 10.7. The Morgan fingerprint density at radius 2 is 1.62 bits per heavy atom. The van der Waals surface area contributed by atoms with E-state index in [-0.39, 0.29) is 26.1 Å². The average Bonchev–Trinajstić information content (AvgIpc) is 2.14. The molecule has 0 saturated carbocycles. The quantitative estimate of drug-likeness (QED) is 0.495. The van der Waals surface area contributed by atoms with E-state index in [2.05, 4.69) is 4.74 Å². The van der Waals surface area contributed by atoms with E-state index < -0.39 is 11.9 Å². The summed E-state index contributed by atoms with van der Waals surface area (Å²) in [6, 6.07) is 0. The van der Waals surface area contributed by atoms with Crippen LogP contribution >= 0.6 is 0 Å². The van der Waals surface area contributed by atoms with Crippen molar-refractivity contribution in [2.24, 2.45) is 0 Å². The number of rotatable bonds is 4. The number of carboxylic acids is 1. The fourth-order valence-corrected chi connectivity index (χ4v) is 0.311. The predicted octanol–water partition coefficient (Wildman–Crippen LogP) is -1.00. The molecule has 13 heavy (non-hydrogen) atoms. The van der Waals surface area contributed by atoms with Gasteiger partial charge in [-0.15, -0.1) is 0 Å². The number of carbonyl (C=O) groups is 2. The van der Waals surface area contributed by atoms with Gasteiger partial charge in [-0.2, -0.15) is 0 Å². The van der Waals surface area contributed by atoms with Crippen molar-refractivity contribution in [2.45, 2.75) is 12.8 Å². The number of esters is 1. The SMILES string of the molecule is COC(=O)CCC(=O)O.OCCO. The number of hydrogen-bond acceptors (Lipinski definition) is 5. The fraction of sp³-hybridized carbons (Fsp3) is 0.714. The average molecular weight is 194 g/mol. The maximum Gasteiger partial charge on any atom is 0.306 e. The van der Waals surface area contributed by atoms with Crippen LogP contribution in [0.4, 0.5) is 0 Å². The number of hydrogen-bond donors (Lipinski definition) is 3. The maximum atomic E-state index is 10.2. The summed E-state index contributed by atoms with van der Waals surface area (Å²) < 4.78 is 4.20. The Hall–Kier alpha value is -1.14. The number of carbonyl (C=O) groups excluding carboxylic acids is 1. The van der Waals surface area contributed by atoms with Crippen molar-refractivity contribution in [3.8, 4) is 0 Å². The van der Waals surface area contributed by atoms with Crippen molar-refractivity contribution in [3.63, 3.8) is 0 Å². The minimum absolute atomic E-state index is 0.0498. The summed E-state index contributed by atoms with van der Waals surface area (Å²) >= 11 is 0. The van der Waals surface area contributed by atoms with Crippen molar-refractivity contribution < 1.29 is 29.6 Å². The Bertz CT molecular complexity index is 142. The Labute approximate surface area is 75.8 Å². The summed E-state index contributed by atoms with van der Waals surface area (Å²) in [5, 5.41) is 23.3. The highest BCUT2D eigenvalue weighted by Crippen LogP contribution is 1.89. The largest absolute Gasteiger partial charge is 0.481 e. The molecule has 6 heteroatoms. The first-order chi connectivity index (χ1) is 6.08. The molecule has 0 radical (unpaired) electrons. The molecule has 0 saturated heterocycles. The summed E-state index contributed by atoms with van der Waals surface area (Å²) in [7, 11) is 1.23. The lowest BCUT2D eigenvalue weighted by Gasteiger charge is -1.92. The van der Waals surface area contributed by atoms with Crippen LogP contribution in [0.1, 0.15) is 12.8 Å². The summed E-state index contributed by atoms with van der Waals surface area (Å²) in [5.74, 6) is -1.47. The summed E-state index contributed by atoms with van der Waals surface area (Å²) in [6.07, 6.45) is -0.210. The topological polar surface area (TPSA) is 104 Å². The van der Waals surface area contributed by atoms with Crippen molar-refractivity contribution in [1.29, 1.82) is 0 Å². The predicted molar refractivity (Wildman–Crippen MR) is 43.1 cm³/mol. The van der Waals surface area contributed by atoms with Crippen LogP contribution in [0.2, 0.25) is 0 Å². The molecule has 0 atom stereocenters. The molecule has 0 aliphatic carbocycles. The number of methoxy groups -OCH3 is 1. The third-order valence-corrected chi connectivity index (χ3v) is 0.871. The third kappa shape index (κ3) is 18.1. The summed E-state index contributed by atoms with van der Waals surface area (Å²) in [5.41, 5.74) is 0. The molecule has 0 aliphatic heterocycles. The summed E-state index contributed by atoms with van der Waals surface area (Å²) in [6.45, 7) is -0.250. The van der Waals surface area contributed by atoms with E-state index >= 15 is 0 Å². The molecule has 0 heterocycles. The highest BCUT2D eigenvalue weighted by atomic mass is 16.5. The molecule has 0 bridgehead atoms. The van der Waals surface area contributed by atoms with Crippen molar-refractivity contribution >= 4 is 11.9 Å². The molecule has 0 aliphatic rings. The number of aliphatic carboxylic acids is 1. The van der Waals surface area contributed by atoms with Gasteiger partial charge < -0.3 is 20.1 Å². The normalized spacial score (nSPS) is 8.23. The van der Waals surface area contributed by atoms with E-state index in [9.17, 15) is 9.59 Å². The van der Waals surface area contributed by atoms with Gasteiger partial charge in [-0.25, -0.2) is 0 Å². The standard InChI is InChI=1S/C5H8O4.C2H6O2/c1-9-5(8)3-2-4(6)7;3-1-2-4/h2-3H2,1H3,(H,6,7);3-4H,1-2H2. The first kappa shape index (κ1) is 14.4. The van der Waals surface area contributed by atoms with Gasteiger partial charge in [0.2, 0.25) is 0 Å². The molecular formula is C7H14O6. The van der Waals surface area contributed by atoms with Gasteiger partial charge in [-0.1, -0.05) is 0 Å². The zero-order valence-electron chi connectivity index (χ0n) is 7.39. The highest BCUT2D eigenvalue weighted by Gasteiger charge is 2.02. The van der Waals surface area contributed by atoms with Crippen LogP contribution in [0.5, 0.6) is 0 Å². The minimum atomic E-state index is -0.986. The van der Waals surface area contributed by atoms with E-state index in [4.69, 9.17) is 15.3 Å². The Kier molecular flexibility index (Phi) is 12.0. The van der Waals surface area contributed by atoms with Gasteiger partial charge in [0.1, 0.15) is 0 Å². The van der Waals surface area contributed by atoms with E-state index in [1.54, 1.807) is 0 Å². The van der Waals surface area contributed by atoms with E-state index in [0.717, 1.165) is 0 Å². The lowest BCUT2D eigenvalue weighted by molar-refractivity contribution is -0.145. The van der Waals surface area contributed by atoms with Crippen molar-refractivity contribution in [1.82, 2.24) is 0 Å². The second kappa shape index (κ2) is 10.9. The molecule has 0 fully saturated rings. The second-order valence-electron chi connectivity index (χ2n) is 1.92. The molecule has 0 rings (SSSR count). The Balaban J connectivity index is 0. The third-order valence-electron chi connectivity index (χ3n) is 0.871. The molecular weight excluding hydrogens is 180 g/mol. The molecule has 0 spiro atoms. The Morgan fingerprint density at radius 3 is 1.85 bits per heavy atom. The van der Waals surface area contributed by atoms with Crippen LogP contribution in [-0.2, 0) is 14.3 Å². The second-order valence-corrected chi connectivity index (χ2v) is 1.92. The number of carboxylic acid groups (broad SMARTS) is 1. The van der Waals surface area contributed by atoms with Gasteiger partial charge in [-0.3, -0.25) is 9.59 Å². The molecule has 0 amide bonds. The van der Waals surface area contributed by atoms with E-state index in [0.29, 0.717) is 0 Å². The summed E-state index contributed by atoms with van der Waals surface area (Å²) in [4.78, 5) is 20.0. The van der Waals surface area contributed by atoms with E-state index in [1.165, 1.54) is 7.11 Å². The smallest absolute Gasteiger partial charge is 0.306 e. The molecule has 0 aromatic carbocycles. The Morgan fingerprint density at radius 1 is 1.15 bits per heavy atom. The molecule has 0 aromatic rings. The monoisotopic (exact) mass is 194 g/mol. The van der Waals surface area contributed by atoms with Gasteiger partial charge in [0, 0.05) is 0 Å². The lowest BCUT2D eigenvalue weighted by atomic mass is 10.3. The van der Waals surface area contributed by atoms with Crippen molar-refractivity contribution in [3.05, 3.63) is 0 Å². The first-order valence-corrected chi connectivity index (χ1v) is 3.58. The van der Waals surface area contributed by atoms with Crippen LogP contribution in [0.3, 0.4) is 0 Å². The minimum Gasteiger partial charge on any atom is -0.481 e. The number of aliphatic hydroxyl groups excluding tert-OH is 2. The van der Waals surface area contributed by atoms with Gasteiger partial charge in [0.25, 0.3) is 0 Å². The lowest BCUT2D eigenvalue weighted by Crippen LogP contribution is -2.04. The van der Waals surface area contributed by atoms with Gasteiger partial charge in [-0.05, 0) is 0 Å². The molecule has 0 unspecified atom stereocenters. The zero-order valence-corrected chi connectivity index (χ0v) is 7.39. The fourth-order valence-electron chi connectivity index (χ4n) is 0.311. The molecule has 3 N–H and O–H groups in total. The van der Waals surface area contributed by atoms with E-state index in [1.807, 2.05) is 0 Å². The number of ether oxygens (including phenoxy) is 1. The van der Waals surface area contributed by atoms with Crippen LogP contribution < -0.4 is 0 Å².